The van der Waals surface area contributed by atoms with E-state index in [0.717, 1.165) is 0 Å². The molecule has 0 amide bonds. The smallest absolute Gasteiger partial charge is 0.0394 e. The van der Waals surface area contributed by atoms with Gasteiger partial charge in [0.2, 0.25) is 0 Å². The molecule has 0 aromatic rings. The Bertz CT molecular complexity index is 136. The van der Waals surface area contributed by atoms with Gasteiger partial charge in [-0.2, -0.15) is 0 Å². The lowest BCUT2D eigenvalue weighted by Gasteiger charge is -2.05. The number of rotatable bonds is 3. The van der Waals surface area contributed by atoms with E-state index in [-0.39, 0.29) is 13.1 Å². The van der Waals surface area contributed by atoms with E-state index in [4.69, 9.17) is 14.0 Å². The molecule has 0 bridgehead atoms. The molecule has 0 aliphatic heterocycles. The predicted molar refractivity (Wildman–Crippen MR) is 32.2 cm³/mol. The summed E-state index contributed by atoms with van der Waals surface area (Å²) >= 11 is 0. The zero-order valence-electron chi connectivity index (χ0n) is 10.1. The monoisotopic (exact) mass is 108 g/mol. The Hall–Kier alpha value is -0.0800. The van der Waals surface area contributed by atoms with Crippen molar-refractivity contribution in [3.63, 3.8) is 0 Å². The van der Waals surface area contributed by atoms with Gasteiger partial charge in [-0.1, -0.05) is 0 Å². The molecule has 0 rings (SSSR count). The van der Waals surface area contributed by atoms with Crippen molar-refractivity contribution in [3.8, 4) is 0 Å². The minimum atomic E-state index is -2.58. The van der Waals surface area contributed by atoms with Gasteiger partial charge in [-0.25, -0.2) is 0 Å². The van der Waals surface area contributed by atoms with Crippen LogP contribution in [0, 0.1) is 0 Å². The fourth-order valence-corrected chi connectivity index (χ4v) is 0.249. The fraction of sp³-hybridized carbons (Fsp3) is 1.00. The number of nitrogens with two attached hydrogens (primary N) is 1. The molecule has 0 heterocycles. The van der Waals surface area contributed by atoms with Gasteiger partial charge in [-0.05, 0) is 33.5 Å². The van der Waals surface area contributed by atoms with E-state index in [9.17, 15) is 0 Å². The Labute approximate surface area is 53.7 Å². The van der Waals surface area contributed by atoms with Crippen LogP contribution in [-0.4, -0.2) is 31.9 Å². The summed E-state index contributed by atoms with van der Waals surface area (Å²) in [5.41, 5.74) is 5.17. The van der Waals surface area contributed by atoms with Crippen LogP contribution in [0.3, 0.4) is 0 Å². The SMILES string of the molecule is [2H]C([2H])([2H])N(CCCN)C([2H])([2H])[2H]. The van der Waals surface area contributed by atoms with Gasteiger partial charge >= 0.3 is 0 Å². The van der Waals surface area contributed by atoms with E-state index in [1.807, 2.05) is 0 Å². The van der Waals surface area contributed by atoms with Crippen LogP contribution in [-0.2, 0) is 0 Å². The molecule has 0 spiro atoms. The first kappa shape index (κ1) is 1.71. The van der Waals surface area contributed by atoms with Crippen molar-refractivity contribution < 1.29 is 8.22 Å². The second-order valence-electron chi connectivity index (χ2n) is 1.29. The standard InChI is InChI=1S/C5H14N2/c1-7(2)5-3-4-6/h3-6H2,1-2H3/i1D3,2D3. The van der Waals surface area contributed by atoms with Crippen LogP contribution in [0.15, 0.2) is 0 Å². The lowest BCUT2D eigenvalue weighted by Crippen LogP contribution is -2.16. The molecule has 0 fully saturated rings. The second-order valence-corrected chi connectivity index (χ2v) is 1.29. The molecular weight excluding hydrogens is 88.1 g/mol. The highest BCUT2D eigenvalue weighted by Crippen LogP contribution is 1.76. The van der Waals surface area contributed by atoms with Crippen LogP contribution in [0.5, 0.6) is 0 Å². The molecule has 2 N–H and O–H groups in total. The number of hydrogen-bond acceptors (Lipinski definition) is 2. The Morgan fingerprint density at radius 3 is 2.86 bits per heavy atom. The molecule has 0 saturated carbocycles. The molecule has 2 nitrogen and oxygen atoms in total. The largest absolute Gasteiger partial charge is 0.330 e. The van der Waals surface area contributed by atoms with Crippen molar-refractivity contribution in [2.24, 2.45) is 5.73 Å². The summed E-state index contributed by atoms with van der Waals surface area (Å²) in [6.45, 7) is -4.92. The average molecular weight is 108 g/mol. The maximum absolute atomic E-state index is 6.98. The number of nitrogens with zero attached hydrogens (tertiary/aromatic N) is 1. The fourth-order valence-electron chi connectivity index (χ4n) is 0.249. The summed E-state index contributed by atoms with van der Waals surface area (Å²) in [4.78, 5) is 0.507. The molecule has 0 unspecified atom stereocenters. The number of hydrogen-bond donors (Lipinski definition) is 1. The quantitative estimate of drug-likeness (QED) is 0.547. The highest BCUT2D eigenvalue weighted by Gasteiger charge is 1.83. The summed E-state index contributed by atoms with van der Waals surface area (Å²) in [5.74, 6) is 0. The van der Waals surface area contributed by atoms with Crippen LogP contribution in [0.25, 0.3) is 0 Å². The van der Waals surface area contributed by atoms with Crippen molar-refractivity contribution in [2.75, 3.05) is 27.0 Å². The third-order valence-corrected chi connectivity index (χ3v) is 0.586. The molecule has 0 aliphatic carbocycles. The first-order valence-corrected chi connectivity index (χ1v) is 2.17. The zero-order chi connectivity index (χ0) is 10.7. The lowest BCUT2D eigenvalue weighted by molar-refractivity contribution is 0.403. The van der Waals surface area contributed by atoms with E-state index in [0.29, 0.717) is 11.3 Å². The molecular formula is C5H14N2. The molecule has 44 valence electrons. The molecule has 0 saturated heterocycles. The Balaban J connectivity index is 4.39. The first-order valence-electron chi connectivity index (χ1n) is 5.17. The van der Waals surface area contributed by atoms with Crippen LogP contribution in [0.2, 0.25) is 0 Å². The summed E-state index contributed by atoms with van der Waals surface area (Å²) < 4.78 is 41.9. The van der Waals surface area contributed by atoms with Crippen molar-refractivity contribution >= 4 is 0 Å². The van der Waals surface area contributed by atoms with Gasteiger partial charge in [-0.3, -0.25) is 0 Å². The molecule has 0 aromatic heterocycles. The van der Waals surface area contributed by atoms with Crippen molar-refractivity contribution in [1.29, 1.82) is 0 Å². The van der Waals surface area contributed by atoms with Gasteiger partial charge < -0.3 is 10.6 Å². The van der Waals surface area contributed by atoms with Crippen LogP contribution in [0.4, 0.5) is 0 Å². The Morgan fingerprint density at radius 1 is 1.71 bits per heavy atom. The second kappa shape index (κ2) is 4.09. The van der Waals surface area contributed by atoms with Gasteiger partial charge in [-0.15, -0.1) is 0 Å². The third kappa shape index (κ3) is 5.92. The van der Waals surface area contributed by atoms with Gasteiger partial charge in [0.05, 0.1) is 0 Å². The van der Waals surface area contributed by atoms with E-state index < -0.39 is 14.0 Å². The summed E-state index contributed by atoms with van der Waals surface area (Å²) in [6.07, 6.45) is 0.358. The molecule has 0 atom stereocenters. The van der Waals surface area contributed by atoms with Crippen molar-refractivity contribution in [3.05, 3.63) is 0 Å². The Morgan fingerprint density at radius 2 is 2.43 bits per heavy atom. The Kier molecular flexibility index (Phi) is 0.997. The maximum atomic E-state index is 6.98. The van der Waals surface area contributed by atoms with Crippen LogP contribution < -0.4 is 5.73 Å². The summed E-state index contributed by atoms with van der Waals surface area (Å²) in [6, 6.07) is 0. The maximum Gasteiger partial charge on any atom is 0.0394 e. The van der Waals surface area contributed by atoms with Gasteiger partial charge in [0.1, 0.15) is 0 Å². The molecule has 7 heavy (non-hydrogen) atoms. The molecule has 2 heteroatoms. The first-order chi connectivity index (χ1) is 5.69. The molecule has 0 aliphatic rings. The van der Waals surface area contributed by atoms with E-state index >= 15 is 0 Å². The highest BCUT2D eigenvalue weighted by molar-refractivity contribution is 4.42. The van der Waals surface area contributed by atoms with Crippen LogP contribution in [0.1, 0.15) is 14.6 Å². The predicted octanol–water partition coefficient (Wildman–Crippen LogP) is -0.103. The van der Waals surface area contributed by atoms with E-state index in [1.54, 1.807) is 0 Å². The van der Waals surface area contributed by atoms with Crippen molar-refractivity contribution in [1.82, 2.24) is 4.90 Å². The van der Waals surface area contributed by atoms with Gasteiger partial charge in [0, 0.05) is 8.22 Å². The molecule has 0 radical (unpaired) electrons. The summed E-state index contributed by atoms with van der Waals surface area (Å²) in [7, 11) is 0. The van der Waals surface area contributed by atoms with Crippen LogP contribution >= 0.6 is 0 Å². The molecule has 0 aromatic carbocycles. The van der Waals surface area contributed by atoms with E-state index in [1.165, 1.54) is 0 Å². The topological polar surface area (TPSA) is 29.3 Å². The normalized spacial score (nSPS) is 26.6. The average Bonchev–Trinajstić information content (AvgIpc) is 1.81. The lowest BCUT2D eigenvalue weighted by atomic mass is 10.4. The highest BCUT2D eigenvalue weighted by atomic mass is 15.0. The zero-order valence-corrected chi connectivity index (χ0v) is 4.15. The minimum absolute atomic E-state index is 0.0382. The van der Waals surface area contributed by atoms with Crippen molar-refractivity contribution in [2.45, 2.75) is 6.42 Å². The third-order valence-electron chi connectivity index (χ3n) is 0.586. The summed E-state index contributed by atoms with van der Waals surface area (Å²) in [5, 5.41) is 0. The van der Waals surface area contributed by atoms with Gasteiger partial charge in [0.25, 0.3) is 0 Å². The van der Waals surface area contributed by atoms with Gasteiger partial charge in [0.15, 0.2) is 0 Å². The van der Waals surface area contributed by atoms with E-state index in [2.05, 4.69) is 0 Å². The minimum Gasteiger partial charge on any atom is -0.330 e.